The number of carbonyl (C=O) groups excluding carboxylic acids is 1. The molecular weight excluding hydrogens is 256 g/mol. The quantitative estimate of drug-likeness (QED) is 0.783. The number of aliphatic carboxylic acids is 1. The van der Waals surface area contributed by atoms with Crippen LogP contribution >= 0.6 is 0 Å². The van der Waals surface area contributed by atoms with Crippen LogP contribution in [0.1, 0.15) is 59.3 Å². The van der Waals surface area contributed by atoms with Crippen LogP contribution in [0.15, 0.2) is 0 Å². The van der Waals surface area contributed by atoms with E-state index in [0.717, 1.165) is 32.4 Å². The number of rotatable bonds is 6. The van der Waals surface area contributed by atoms with Crippen molar-refractivity contribution >= 4 is 11.9 Å². The van der Waals surface area contributed by atoms with E-state index in [-0.39, 0.29) is 5.91 Å². The fourth-order valence-electron chi connectivity index (χ4n) is 2.85. The van der Waals surface area contributed by atoms with Crippen molar-refractivity contribution in [2.24, 2.45) is 0 Å². The van der Waals surface area contributed by atoms with Crippen LogP contribution < -0.4 is 5.32 Å². The van der Waals surface area contributed by atoms with Crippen molar-refractivity contribution in [2.75, 3.05) is 13.1 Å². The highest BCUT2D eigenvalue weighted by Crippen LogP contribution is 2.16. The number of amides is 1. The fourth-order valence-corrected chi connectivity index (χ4v) is 2.85. The third-order valence-corrected chi connectivity index (χ3v) is 4.05. The lowest BCUT2D eigenvalue weighted by Gasteiger charge is -2.32. The molecule has 2 atom stereocenters. The van der Waals surface area contributed by atoms with Gasteiger partial charge in [0.15, 0.2) is 0 Å². The molecule has 116 valence electrons. The maximum absolute atomic E-state index is 12.4. The van der Waals surface area contributed by atoms with Gasteiger partial charge in [0.05, 0.1) is 6.04 Å². The van der Waals surface area contributed by atoms with Gasteiger partial charge in [-0.25, -0.2) is 0 Å². The molecule has 0 saturated carbocycles. The Morgan fingerprint density at radius 1 is 1.25 bits per heavy atom. The Morgan fingerprint density at radius 2 is 1.80 bits per heavy atom. The van der Waals surface area contributed by atoms with E-state index < -0.39 is 17.6 Å². The minimum atomic E-state index is -1.03. The number of hydrogen-bond donors (Lipinski definition) is 2. The van der Waals surface area contributed by atoms with Gasteiger partial charge in [-0.2, -0.15) is 0 Å². The molecule has 20 heavy (non-hydrogen) atoms. The Labute approximate surface area is 121 Å². The van der Waals surface area contributed by atoms with Gasteiger partial charge < -0.3 is 10.0 Å². The number of carboxylic acid groups (broad SMARTS) is 1. The maximum atomic E-state index is 12.4. The lowest BCUT2D eigenvalue weighted by Crippen LogP contribution is -2.57. The second kappa shape index (κ2) is 7.62. The minimum absolute atomic E-state index is 0.0236. The van der Waals surface area contributed by atoms with Crippen LogP contribution in [0.4, 0.5) is 0 Å². The summed E-state index contributed by atoms with van der Waals surface area (Å²) in [6.07, 6.45) is 5.72. The molecule has 2 unspecified atom stereocenters. The number of nitrogens with zero attached hydrogens (tertiary/aromatic N) is 1. The molecule has 0 spiro atoms. The summed E-state index contributed by atoms with van der Waals surface area (Å²) in [5.41, 5.74) is -1.03. The summed E-state index contributed by atoms with van der Waals surface area (Å²) in [4.78, 5) is 25.7. The Bertz CT molecular complexity index is 338. The van der Waals surface area contributed by atoms with Crippen molar-refractivity contribution < 1.29 is 14.7 Å². The topological polar surface area (TPSA) is 69.6 Å². The first-order chi connectivity index (χ1) is 9.40. The van der Waals surface area contributed by atoms with Gasteiger partial charge in [-0.1, -0.05) is 26.2 Å². The molecule has 1 heterocycles. The van der Waals surface area contributed by atoms with Crippen LogP contribution in [0.25, 0.3) is 0 Å². The molecule has 0 aromatic carbocycles. The predicted octanol–water partition coefficient (Wildman–Crippen LogP) is 2.01. The predicted molar refractivity (Wildman–Crippen MR) is 78.6 cm³/mol. The second-order valence-corrected chi connectivity index (χ2v) is 5.99. The maximum Gasteiger partial charge on any atom is 0.323 e. The average molecular weight is 284 g/mol. The zero-order valence-electron chi connectivity index (χ0n) is 12.9. The number of nitrogens with one attached hydrogen (secondary N) is 1. The normalized spacial score (nSPS) is 20.9. The van der Waals surface area contributed by atoms with E-state index in [2.05, 4.69) is 5.32 Å². The highest BCUT2D eigenvalue weighted by Gasteiger charge is 2.35. The van der Waals surface area contributed by atoms with Gasteiger partial charge in [0, 0.05) is 13.1 Å². The first-order valence-corrected chi connectivity index (χ1v) is 7.70. The smallest absolute Gasteiger partial charge is 0.323 e. The van der Waals surface area contributed by atoms with Crippen molar-refractivity contribution in [3.8, 4) is 0 Å². The highest BCUT2D eigenvalue weighted by molar-refractivity contribution is 5.84. The molecule has 1 saturated heterocycles. The molecule has 2 N–H and O–H groups in total. The summed E-state index contributed by atoms with van der Waals surface area (Å²) < 4.78 is 0. The molecular formula is C15H28N2O3. The van der Waals surface area contributed by atoms with Crippen molar-refractivity contribution in [1.82, 2.24) is 10.2 Å². The van der Waals surface area contributed by atoms with Crippen molar-refractivity contribution in [3.63, 3.8) is 0 Å². The van der Waals surface area contributed by atoms with E-state index in [9.17, 15) is 14.7 Å². The lowest BCUT2D eigenvalue weighted by atomic mass is 9.95. The van der Waals surface area contributed by atoms with Gasteiger partial charge in [-0.05, 0) is 33.1 Å². The third kappa shape index (κ3) is 4.47. The highest BCUT2D eigenvalue weighted by atomic mass is 16.4. The van der Waals surface area contributed by atoms with E-state index in [4.69, 9.17) is 0 Å². The van der Waals surface area contributed by atoms with Gasteiger partial charge in [-0.3, -0.25) is 14.9 Å². The van der Waals surface area contributed by atoms with Crippen LogP contribution in [-0.2, 0) is 9.59 Å². The van der Waals surface area contributed by atoms with E-state index in [1.165, 1.54) is 12.8 Å². The minimum Gasteiger partial charge on any atom is -0.480 e. The monoisotopic (exact) mass is 284 g/mol. The Balaban J connectivity index is 2.65. The second-order valence-electron chi connectivity index (χ2n) is 5.99. The number of carbonyl (C=O) groups is 2. The Kier molecular flexibility index (Phi) is 6.46. The zero-order valence-corrected chi connectivity index (χ0v) is 12.9. The summed E-state index contributed by atoms with van der Waals surface area (Å²) in [7, 11) is 0. The first kappa shape index (κ1) is 17.0. The summed E-state index contributed by atoms with van der Waals surface area (Å²) in [5.74, 6) is -0.870. The molecule has 1 amide bonds. The van der Waals surface area contributed by atoms with Gasteiger partial charge in [0.25, 0.3) is 0 Å². The van der Waals surface area contributed by atoms with Gasteiger partial charge in [0.1, 0.15) is 5.54 Å². The van der Waals surface area contributed by atoms with Crippen molar-refractivity contribution in [2.45, 2.75) is 70.9 Å². The van der Waals surface area contributed by atoms with Crippen molar-refractivity contribution in [1.29, 1.82) is 0 Å². The van der Waals surface area contributed by atoms with Gasteiger partial charge in [-0.15, -0.1) is 0 Å². The van der Waals surface area contributed by atoms with Crippen LogP contribution in [0.2, 0.25) is 0 Å². The molecule has 0 radical (unpaired) electrons. The fraction of sp³-hybridized carbons (Fsp3) is 0.867. The molecule has 5 heteroatoms. The molecule has 5 nitrogen and oxygen atoms in total. The molecule has 0 aromatic rings. The molecule has 0 bridgehead atoms. The molecule has 1 rings (SSSR count). The molecule has 1 aliphatic rings. The zero-order chi connectivity index (χ0) is 15.2. The first-order valence-electron chi connectivity index (χ1n) is 7.70. The number of carboxylic acids is 1. The summed E-state index contributed by atoms with van der Waals surface area (Å²) >= 11 is 0. The summed E-state index contributed by atoms with van der Waals surface area (Å²) in [6.45, 7) is 6.96. The van der Waals surface area contributed by atoms with E-state index in [1.54, 1.807) is 13.8 Å². The molecule has 1 fully saturated rings. The van der Waals surface area contributed by atoms with Crippen LogP contribution in [-0.4, -0.2) is 46.6 Å². The summed E-state index contributed by atoms with van der Waals surface area (Å²) in [6, 6.07) is -0.458. The van der Waals surface area contributed by atoms with Crippen LogP contribution in [0.5, 0.6) is 0 Å². The molecule has 0 aromatic heterocycles. The van der Waals surface area contributed by atoms with E-state index >= 15 is 0 Å². The van der Waals surface area contributed by atoms with Crippen LogP contribution in [0, 0.1) is 0 Å². The SMILES string of the molecule is CCCC(C)(NC(C)C(=O)N1CCCCCC1)C(=O)O. The molecule has 0 aliphatic carbocycles. The number of likely N-dealkylation sites (tertiary alicyclic amines) is 1. The van der Waals surface area contributed by atoms with E-state index in [1.807, 2.05) is 11.8 Å². The van der Waals surface area contributed by atoms with Crippen LogP contribution in [0.3, 0.4) is 0 Å². The van der Waals surface area contributed by atoms with Gasteiger partial charge in [0.2, 0.25) is 5.91 Å². The van der Waals surface area contributed by atoms with Gasteiger partial charge >= 0.3 is 5.97 Å². The summed E-state index contributed by atoms with van der Waals surface area (Å²) in [5, 5.41) is 12.4. The Hall–Kier alpha value is -1.10. The third-order valence-electron chi connectivity index (χ3n) is 4.05. The standard InChI is InChI=1S/C15H28N2O3/c1-4-9-15(3,14(19)20)16-12(2)13(18)17-10-7-5-6-8-11-17/h12,16H,4-11H2,1-3H3,(H,19,20). The average Bonchev–Trinajstić information content (AvgIpc) is 2.66. The van der Waals surface area contributed by atoms with Crippen molar-refractivity contribution in [3.05, 3.63) is 0 Å². The Morgan fingerprint density at radius 3 is 2.25 bits per heavy atom. The number of hydrogen-bond acceptors (Lipinski definition) is 3. The largest absolute Gasteiger partial charge is 0.480 e. The molecule has 1 aliphatic heterocycles. The lowest BCUT2D eigenvalue weighted by molar-refractivity contribution is -0.145. The van der Waals surface area contributed by atoms with E-state index in [0.29, 0.717) is 6.42 Å².